The Morgan fingerprint density at radius 2 is 0.0690 bits per heavy atom. The van der Waals surface area contributed by atoms with Gasteiger partial charge in [0.25, 0.3) is 0 Å². The van der Waals surface area contributed by atoms with Crippen LogP contribution in [0, 0.1) is 0 Å². The second-order valence-corrected chi connectivity index (χ2v) is 0. The molecule has 0 fully saturated rings. The molecule has 0 aliphatic heterocycles. The molecule has 0 rings (SSSR count). The Kier molecular flexibility index (Phi) is 1850. The average Bonchev–Trinajstić information content (AvgIpc) is 0. The van der Waals surface area contributed by atoms with Crippen LogP contribution in [0.2, 0.25) is 0 Å². The van der Waals surface area contributed by atoms with Crippen LogP contribution in [0.1, 0.15) is 0 Å². The molecule has 0 heterocycles. The molecule has 0 atom stereocenters. The second kappa shape index (κ2) is 225. The molecule has 0 aromatic heterocycles. The molecule has 0 spiro atoms. The summed E-state index contributed by atoms with van der Waals surface area (Å²) in [5.74, 6) is 0. The Morgan fingerprint density at radius 1 is 0.0690 bits per heavy atom. The Hall–Kier alpha value is 25.9. The number of rotatable bonds is 0. The van der Waals surface area contributed by atoms with E-state index in [1.807, 2.05) is 0 Å². The van der Waals surface area contributed by atoms with Crippen LogP contribution in [0.15, 0.2) is 0 Å². The summed E-state index contributed by atoms with van der Waals surface area (Å²) < 4.78 is 0. The van der Waals surface area contributed by atoms with Crippen molar-refractivity contribution in [2.24, 2.45) is 0 Å². The molecule has 76 valence electrons. The van der Waals surface area contributed by atoms with E-state index in [9.17, 15) is 0 Å². The first-order valence-electron chi connectivity index (χ1n) is 0. The van der Waals surface area contributed by atoms with Gasteiger partial charge in [-0.1, -0.05) is 0 Å². The van der Waals surface area contributed by atoms with Crippen LogP contribution in [0.25, 0.3) is 0 Å². The van der Waals surface area contributed by atoms with E-state index >= 15 is 0 Å². The fourth-order valence-electron chi connectivity index (χ4n) is 0. The molecule has 0 amide bonds. The predicted molar refractivity (Wildman–Crippen MR) is 197 cm³/mol. The van der Waals surface area contributed by atoms with Crippen LogP contribution in [0.4, 0.5) is 0 Å². The minimum atomic E-state index is 0. The summed E-state index contributed by atoms with van der Waals surface area (Å²) in [6.07, 6.45) is 0. The van der Waals surface area contributed by atoms with Gasteiger partial charge in [0.15, 0.2) is 0 Å². The molecule has 3 nitrogen and oxygen atoms in total. The van der Waals surface area contributed by atoms with Gasteiger partial charge in [0.1, 0.15) is 0 Å². The van der Waals surface area contributed by atoms with Crippen LogP contribution in [-0.4, -0.2) is 785 Å². The van der Waals surface area contributed by atoms with Crippen molar-refractivity contribution in [2.75, 3.05) is 0 Å². The summed E-state index contributed by atoms with van der Waals surface area (Å²) in [5.41, 5.74) is 0. The third-order valence-corrected chi connectivity index (χ3v) is 0. The fraction of sp³-hybridized carbons (Fsp3) is 0. The SMILES string of the molecule is O.O.O.[NaH].[NaH].[NaH].[NaH].[NaH].[NaH].[NaH].[NaH].[NaH].[NaH].[NaH].[NaH].[NaH].[NaH].[NaH].[NaH].[NaH].[NaH].[NaH].[NaH].[NaH].[NaH].[NaH].[NaH].[NaH].[NaH]. The summed E-state index contributed by atoms with van der Waals surface area (Å²) in [4.78, 5) is 0. The number of hydrogen-bond acceptors (Lipinski definition) is 0. The third kappa shape index (κ3) is 217. The summed E-state index contributed by atoms with van der Waals surface area (Å²) in [7, 11) is 0. The normalized spacial score (nSPS) is 0. The monoisotopic (exact) mass is 678 g/mol. The average molecular weight is 678 g/mol. The van der Waals surface area contributed by atoms with Gasteiger partial charge in [-0.05, 0) is 0 Å². The van der Waals surface area contributed by atoms with Crippen molar-refractivity contribution in [2.45, 2.75) is 0 Å². The van der Waals surface area contributed by atoms with Crippen LogP contribution >= 0.6 is 0 Å². The van der Waals surface area contributed by atoms with Gasteiger partial charge in [0, 0.05) is 0 Å². The topological polar surface area (TPSA) is 94.5 Å². The maximum absolute atomic E-state index is 0. The molecule has 0 unspecified atom stereocenters. The third-order valence-electron chi connectivity index (χ3n) is 0. The van der Waals surface area contributed by atoms with E-state index in [0.717, 1.165) is 0 Å². The van der Waals surface area contributed by atoms with Crippen LogP contribution in [-0.2, 0) is 0 Å². The Labute approximate surface area is 757 Å². The minimum absolute atomic E-state index is 0. The molecule has 6 N–H and O–H groups in total. The van der Waals surface area contributed by atoms with Gasteiger partial charge in [-0.25, -0.2) is 0 Å². The molecular formula is H32Na26O3. The quantitative estimate of drug-likeness (QED) is 0.228. The predicted octanol–water partition coefficient (Wildman–Crippen LogP) is -19.3. The maximum atomic E-state index is 0. The molecule has 0 aromatic rings. The van der Waals surface area contributed by atoms with Crippen LogP contribution in [0.3, 0.4) is 0 Å². The van der Waals surface area contributed by atoms with Gasteiger partial charge < -0.3 is 16.4 Å². The van der Waals surface area contributed by atoms with Gasteiger partial charge in [0.05, 0.1) is 0 Å². The van der Waals surface area contributed by atoms with E-state index in [1.165, 1.54) is 0 Å². The van der Waals surface area contributed by atoms with Gasteiger partial charge in [-0.2, -0.15) is 0 Å². The summed E-state index contributed by atoms with van der Waals surface area (Å²) in [5, 5.41) is 0. The first-order chi connectivity index (χ1) is 0. The summed E-state index contributed by atoms with van der Waals surface area (Å²) >= 11 is 0. The van der Waals surface area contributed by atoms with E-state index in [1.54, 1.807) is 0 Å². The first kappa shape index (κ1) is 238. The van der Waals surface area contributed by atoms with Gasteiger partial charge in [-0.3, -0.25) is 0 Å². The van der Waals surface area contributed by atoms with Crippen LogP contribution < -0.4 is 0 Å². The molecule has 0 aliphatic rings. The summed E-state index contributed by atoms with van der Waals surface area (Å²) in [6.45, 7) is 0. The van der Waals surface area contributed by atoms with Crippen LogP contribution in [0.5, 0.6) is 0 Å². The fourth-order valence-corrected chi connectivity index (χ4v) is 0. The zero-order valence-electron chi connectivity index (χ0n) is 1.50. The van der Waals surface area contributed by atoms with Crippen molar-refractivity contribution in [3.8, 4) is 0 Å². The molecular weight excluding hydrogens is 646 g/mol. The Bertz CT molecular complexity index is 13.9. The molecule has 29 heteroatoms. The van der Waals surface area contributed by atoms with Crippen molar-refractivity contribution in [3.05, 3.63) is 0 Å². The van der Waals surface area contributed by atoms with E-state index in [4.69, 9.17) is 0 Å². The Morgan fingerprint density at radius 3 is 0.0690 bits per heavy atom. The van der Waals surface area contributed by atoms with E-state index < -0.39 is 0 Å². The van der Waals surface area contributed by atoms with Gasteiger partial charge in [0.2, 0.25) is 0 Å². The van der Waals surface area contributed by atoms with E-state index in [-0.39, 0.29) is 785 Å². The van der Waals surface area contributed by atoms with Crippen molar-refractivity contribution in [1.29, 1.82) is 0 Å². The standard InChI is InChI=1S/26Na.3H2O.26H/h;;;;;;;;;;;;;;;;;;;;;;;;;;3*1H2;;;;;;;;;;;;;;;;;;;;;;;;;;. The molecule has 0 radical (unpaired) electrons. The summed E-state index contributed by atoms with van der Waals surface area (Å²) in [6, 6.07) is 0. The molecule has 0 bridgehead atoms. The molecule has 0 aliphatic carbocycles. The van der Waals surface area contributed by atoms with Crippen molar-refractivity contribution >= 4 is 768 Å². The Balaban J connectivity index is 0. The molecule has 29 heavy (non-hydrogen) atoms. The van der Waals surface area contributed by atoms with E-state index in [0.29, 0.717) is 0 Å². The van der Waals surface area contributed by atoms with E-state index in [2.05, 4.69) is 0 Å². The zero-order chi connectivity index (χ0) is 0. The molecule has 0 saturated carbocycles. The van der Waals surface area contributed by atoms with Crippen molar-refractivity contribution in [1.82, 2.24) is 0 Å². The number of hydrogen-bond donors (Lipinski definition) is 0. The second-order valence-electron chi connectivity index (χ2n) is 0. The van der Waals surface area contributed by atoms with Crippen molar-refractivity contribution in [3.63, 3.8) is 0 Å². The van der Waals surface area contributed by atoms with Gasteiger partial charge >= 0.3 is 768 Å². The first-order valence-corrected chi connectivity index (χ1v) is 0. The molecule has 0 saturated heterocycles. The molecule has 0 aromatic carbocycles. The zero-order valence-corrected chi connectivity index (χ0v) is 1.50. The van der Waals surface area contributed by atoms with Gasteiger partial charge in [-0.15, -0.1) is 0 Å². The van der Waals surface area contributed by atoms with Crippen molar-refractivity contribution < 1.29 is 16.4 Å².